The van der Waals surface area contributed by atoms with Crippen molar-refractivity contribution >= 4 is 28.8 Å². The van der Waals surface area contributed by atoms with Gasteiger partial charge in [-0.25, -0.2) is 4.90 Å². The summed E-state index contributed by atoms with van der Waals surface area (Å²) < 4.78 is 5.51. The highest BCUT2D eigenvalue weighted by atomic mass is 16.5. The van der Waals surface area contributed by atoms with Crippen molar-refractivity contribution in [3.8, 4) is 5.75 Å². The Morgan fingerprint density at radius 1 is 0.806 bits per heavy atom. The minimum atomic E-state index is -0.373. The van der Waals surface area contributed by atoms with Crippen LogP contribution in [0.25, 0.3) is 5.57 Å². The number of amides is 2. The van der Waals surface area contributed by atoms with Gasteiger partial charge in [0.05, 0.1) is 17.9 Å². The average Bonchev–Trinajstić information content (AvgIpc) is 3.05. The van der Waals surface area contributed by atoms with E-state index in [0.717, 1.165) is 17.7 Å². The summed E-state index contributed by atoms with van der Waals surface area (Å²) in [6.45, 7) is 4.54. The summed E-state index contributed by atoms with van der Waals surface area (Å²) in [6, 6.07) is 24.1. The molecule has 0 fully saturated rings. The van der Waals surface area contributed by atoms with Crippen LogP contribution in [0.5, 0.6) is 5.75 Å². The summed E-state index contributed by atoms with van der Waals surface area (Å²) in [6.07, 6.45) is 0.888. The molecule has 1 N–H and O–H groups in total. The molecule has 5 heteroatoms. The Morgan fingerprint density at radius 2 is 1.48 bits per heavy atom. The Labute approximate surface area is 182 Å². The Balaban J connectivity index is 1.76. The molecule has 0 bridgehead atoms. The lowest BCUT2D eigenvalue weighted by Gasteiger charge is -2.16. The smallest absolute Gasteiger partial charge is 0.282 e. The van der Waals surface area contributed by atoms with Gasteiger partial charge in [0.1, 0.15) is 11.4 Å². The highest BCUT2D eigenvalue weighted by Gasteiger charge is 2.40. The second-order valence-corrected chi connectivity index (χ2v) is 7.16. The molecule has 31 heavy (non-hydrogen) atoms. The molecule has 0 radical (unpaired) electrons. The van der Waals surface area contributed by atoms with Crippen LogP contribution < -0.4 is 15.0 Å². The number of para-hydroxylation sites is 1. The predicted molar refractivity (Wildman–Crippen MR) is 123 cm³/mol. The van der Waals surface area contributed by atoms with Crippen molar-refractivity contribution in [3.05, 3.63) is 95.7 Å². The van der Waals surface area contributed by atoms with E-state index < -0.39 is 0 Å². The van der Waals surface area contributed by atoms with Gasteiger partial charge < -0.3 is 10.1 Å². The zero-order chi connectivity index (χ0) is 21.8. The number of carbonyl (C=O) groups is 2. The molecule has 0 aromatic heterocycles. The minimum absolute atomic E-state index is 0.264. The summed E-state index contributed by atoms with van der Waals surface area (Å²) in [5.41, 5.74) is 3.71. The van der Waals surface area contributed by atoms with Gasteiger partial charge in [-0.05, 0) is 60.9 Å². The van der Waals surface area contributed by atoms with Crippen LogP contribution >= 0.6 is 0 Å². The molecule has 0 aliphatic carbocycles. The van der Waals surface area contributed by atoms with Gasteiger partial charge in [0.25, 0.3) is 11.8 Å². The number of imide groups is 1. The fraction of sp³-hybridized carbons (Fsp3) is 0.154. The molecule has 2 amide bonds. The van der Waals surface area contributed by atoms with Gasteiger partial charge in [0.15, 0.2) is 0 Å². The average molecular weight is 412 g/mol. The molecule has 0 atom stereocenters. The molecule has 3 aromatic carbocycles. The molecule has 0 saturated heterocycles. The molecule has 4 rings (SSSR count). The van der Waals surface area contributed by atoms with Crippen molar-refractivity contribution in [2.45, 2.75) is 20.3 Å². The van der Waals surface area contributed by atoms with Gasteiger partial charge in [-0.15, -0.1) is 0 Å². The third-order valence-electron chi connectivity index (χ3n) is 5.18. The molecule has 1 aliphatic rings. The molecule has 0 unspecified atom stereocenters. The largest absolute Gasteiger partial charge is 0.494 e. The van der Waals surface area contributed by atoms with Crippen LogP contribution in [0.1, 0.15) is 25.0 Å². The summed E-state index contributed by atoms with van der Waals surface area (Å²) in [5.74, 6) is -0.00738. The molecular weight excluding hydrogens is 388 g/mol. The maximum absolute atomic E-state index is 13.5. The lowest BCUT2D eigenvalue weighted by atomic mass is 10.0. The van der Waals surface area contributed by atoms with Crippen molar-refractivity contribution in [2.75, 3.05) is 16.8 Å². The quantitative estimate of drug-likeness (QED) is 0.552. The van der Waals surface area contributed by atoms with Crippen LogP contribution in [0.15, 0.2) is 84.6 Å². The van der Waals surface area contributed by atoms with E-state index in [-0.39, 0.29) is 17.5 Å². The number of aryl methyl sites for hydroxylation is 1. The first-order chi connectivity index (χ1) is 15.1. The van der Waals surface area contributed by atoms with E-state index in [1.54, 1.807) is 0 Å². The van der Waals surface area contributed by atoms with Crippen molar-refractivity contribution in [3.63, 3.8) is 0 Å². The van der Waals surface area contributed by atoms with Crippen LogP contribution in [0.2, 0.25) is 0 Å². The normalized spacial score (nSPS) is 13.7. The molecule has 0 saturated carbocycles. The molecular formula is C26H24N2O3. The Bertz CT molecular complexity index is 1120. The van der Waals surface area contributed by atoms with E-state index in [1.165, 1.54) is 4.90 Å². The lowest BCUT2D eigenvalue weighted by molar-refractivity contribution is -0.120. The van der Waals surface area contributed by atoms with E-state index >= 15 is 0 Å². The predicted octanol–water partition coefficient (Wildman–Crippen LogP) is 5.04. The van der Waals surface area contributed by atoms with Gasteiger partial charge in [-0.3, -0.25) is 9.59 Å². The molecule has 1 heterocycles. The second-order valence-electron chi connectivity index (χ2n) is 7.16. The first-order valence-electron chi connectivity index (χ1n) is 10.4. The van der Waals surface area contributed by atoms with Gasteiger partial charge in [0.2, 0.25) is 0 Å². The van der Waals surface area contributed by atoms with Crippen LogP contribution in [-0.2, 0) is 16.0 Å². The van der Waals surface area contributed by atoms with Gasteiger partial charge in [0, 0.05) is 5.69 Å². The highest BCUT2D eigenvalue weighted by Crippen LogP contribution is 2.34. The van der Waals surface area contributed by atoms with E-state index in [4.69, 9.17) is 4.74 Å². The number of anilines is 2. The number of nitrogens with zero attached hydrogens (tertiary/aromatic N) is 1. The van der Waals surface area contributed by atoms with Crippen LogP contribution in [0.3, 0.4) is 0 Å². The van der Waals surface area contributed by atoms with E-state index in [2.05, 4.69) is 12.2 Å². The Kier molecular flexibility index (Phi) is 5.85. The number of rotatable bonds is 7. The van der Waals surface area contributed by atoms with E-state index in [0.29, 0.717) is 29.2 Å². The van der Waals surface area contributed by atoms with Crippen molar-refractivity contribution in [1.82, 2.24) is 0 Å². The second kappa shape index (κ2) is 8.88. The fourth-order valence-electron chi connectivity index (χ4n) is 3.58. The number of hydrogen-bond donors (Lipinski definition) is 1. The topological polar surface area (TPSA) is 58.6 Å². The minimum Gasteiger partial charge on any atom is -0.494 e. The standard InChI is InChI=1S/C26H24N2O3/c1-3-18-10-14-21(15-11-18)28-25(29)23(19-12-16-22(17-13-19)31-4-2)24(26(28)30)27-20-8-6-5-7-9-20/h5-17,27H,3-4H2,1-2H3. The first kappa shape index (κ1) is 20.4. The van der Waals surface area contributed by atoms with E-state index in [1.807, 2.05) is 85.8 Å². The highest BCUT2D eigenvalue weighted by molar-refractivity contribution is 6.46. The summed E-state index contributed by atoms with van der Waals surface area (Å²) >= 11 is 0. The first-order valence-corrected chi connectivity index (χ1v) is 10.4. The number of carbonyl (C=O) groups excluding carboxylic acids is 2. The zero-order valence-electron chi connectivity index (χ0n) is 17.6. The fourth-order valence-corrected chi connectivity index (χ4v) is 3.58. The molecule has 3 aromatic rings. The number of benzene rings is 3. The Morgan fingerprint density at radius 3 is 2.10 bits per heavy atom. The third-order valence-corrected chi connectivity index (χ3v) is 5.18. The van der Waals surface area contributed by atoms with Crippen molar-refractivity contribution in [2.24, 2.45) is 0 Å². The molecule has 156 valence electrons. The monoisotopic (exact) mass is 412 g/mol. The SMILES string of the molecule is CCOc1ccc(C2=C(Nc3ccccc3)C(=O)N(c3ccc(CC)cc3)C2=O)cc1. The Hall–Kier alpha value is -3.86. The van der Waals surface area contributed by atoms with Crippen LogP contribution in [-0.4, -0.2) is 18.4 Å². The lowest BCUT2D eigenvalue weighted by Crippen LogP contribution is -2.32. The maximum Gasteiger partial charge on any atom is 0.282 e. The summed E-state index contributed by atoms with van der Waals surface area (Å²) in [5, 5.41) is 3.17. The van der Waals surface area contributed by atoms with E-state index in [9.17, 15) is 9.59 Å². The summed E-state index contributed by atoms with van der Waals surface area (Å²) in [4.78, 5) is 28.1. The maximum atomic E-state index is 13.5. The summed E-state index contributed by atoms with van der Waals surface area (Å²) in [7, 11) is 0. The molecule has 1 aliphatic heterocycles. The number of ether oxygens (including phenoxy) is 1. The third kappa shape index (κ3) is 4.08. The van der Waals surface area contributed by atoms with Crippen LogP contribution in [0.4, 0.5) is 11.4 Å². The van der Waals surface area contributed by atoms with Crippen LogP contribution in [0, 0.1) is 0 Å². The number of hydrogen-bond acceptors (Lipinski definition) is 4. The number of nitrogens with one attached hydrogen (secondary N) is 1. The zero-order valence-corrected chi connectivity index (χ0v) is 17.6. The molecule has 5 nitrogen and oxygen atoms in total. The van der Waals surface area contributed by atoms with Crippen molar-refractivity contribution in [1.29, 1.82) is 0 Å². The van der Waals surface area contributed by atoms with Gasteiger partial charge in [-0.1, -0.05) is 49.4 Å². The van der Waals surface area contributed by atoms with Gasteiger partial charge in [-0.2, -0.15) is 0 Å². The van der Waals surface area contributed by atoms with Gasteiger partial charge >= 0.3 is 0 Å². The van der Waals surface area contributed by atoms with Crippen molar-refractivity contribution < 1.29 is 14.3 Å². The molecule has 0 spiro atoms.